The maximum Gasteiger partial charge on any atom is 0.241 e. The van der Waals surface area contributed by atoms with Gasteiger partial charge in [-0.15, -0.1) is 0 Å². The molecule has 1 unspecified atom stereocenters. The molecule has 0 radical (unpaired) electrons. The van der Waals surface area contributed by atoms with Crippen molar-refractivity contribution >= 4 is 5.91 Å². The number of rotatable bonds is 7. The quantitative estimate of drug-likeness (QED) is 0.567. The number of nitrogens with zero attached hydrogens (tertiary/aromatic N) is 3. The molecule has 4 rings (SSSR count). The van der Waals surface area contributed by atoms with Gasteiger partial charge in [-0.3, -0.25) is 14.4 Å². The second-order valence-electron chi connectivity index (χ2n) is 9.15. The highest BCUT2D eigenvalue weighted by molar-refractivity contribution is 5.83. The Kier molecular flexibility index (Phi) is 6.99. The number of hydrogen-bond acceptors (Lipinski definition) is 3. The maximum atomic E-state index is 13.2. The second kappa shape index (κ2) is 9.92. The SMILES string of the molecule is CCn1nc(C)c2c1CCN([C@@H](C(=O)NC)c1ccccc1)C2CCc1ccc(C)c(C)c1. The van der Waals surface area contributed by atoms with Crippen LogP contribution < -0.4 is 5.32 Å². The van der Waals surface area contributed by atoms with Crippen molar-refractivity contribution in [3.8, 4) is 0 Å². The van der Waals surface area contributed by atoms with Crippen LogP contribution in [0.4, 0.5) is 0 Å². The van der Waals surface area contributed by atoms with Crippen LogP contribution in [0.2, 0.25) is 0 Å². The molecule has 2 heterocycles. The highest BCUT2D eigenvalue weighted by atomic mass is 16.2. The molecule has 3 aromatic rings. The van der Waals surface area contributed by atoms with Gasteiger partial charge in [0, 0.05) is 43.9 Å². The van der Waals surface area contributed by atoms with E-state index in [0.29, 0.717) is 0 Å². The predicted molar refractivity (Wildman–Crippen MR) is 133 cm³/mol. The molecule has 0 bridgehead atoms. The number of aromatic nitrogens is 2. The van der Waals surface area contributed by atoms with Gasteiger partial charge in [0.15, 0.2) is 0 Å². The summed E-state index contributed by atoms with van der Waals surface area (Å²) in [6.07, 6.45) is 2.82. The van der Waals surface area contributed by atoms with Crippen molar-refractivity contribution in [3.63, 3.8) is 0 Å². The number of aryl methyl sites for hydroxylation is 5. The van der Waals surface area contributed by atoms with Crippen LogP contribution in [0, 0.1) is 20.8 Å². The molecular formula is C28H36N4O. The Labute approximate surface area is 197 Å². The van der Waals surface area contributed by atoms with Crippen LogP contribution in [0.25, 0.3) is 0 Å². The van der Waals surface area contributed by atoms with Crippen molar-refractivity contribution in [2.75, 3.05) is 13.6 Å². The average Bonchev–Trinajstić information content (AvgIpc) is 3.16. The van der Waals surface area contributed by atoms with Gasteiger partial charge in [-0.05, 0) is 62.8 Å². The van der Waals surface area contributed by atoms with Crippen LogP contribution in [0.15, 0.2) is 48.5 Å². The van der Waals surface area contributed by atoms with Crippen molar-refractivity contribution in [3.05, 3.63) is 87.7 Å². The lowest BCUT2D eigenvalue weighted by Crippen LogP contribution is -2.45. The summed E-state index contributed by atoms with van der Waals surface area (Å²) < 4.78 is 2.16. The van der Waals surface area contributed by atoms with Crippen molar-refractivity contribution < 1.29 is 4.79 Å². The van der Waals surface area contributed by atoms with E-state index in [1.54, 1.807) is 7.05 Å². The number of carbonyl (C=O) groups is 1. The van der Waals surface area contributed by atoms with Gasteiger partial charge in [-0.2, -0.15) is 5.10 Å². The van der Waals surface area contributed by atoms with Gasteiger partial charge in [-0.25, -0.2) is 0 Å². The molecule has 174 valence electrons. The summed E-state index contributed by atoms with van der Waals surface area (Å²) in [4.78, 5) is 15.6. The number of amides is 1. The van der Waals surface area contributed by atoms with Gasteiger partial charge in [0.1, 0.15) is 6.04 Å². The summed E-state index contributed by atoms with van der Waals surface area (Å²) in [5.41, 5.74) is 8.78. The molecule has 1 aliphatic heterocycles. The fraction of sp³-hybridized carbons (Fsp3) is 0.429. The van der Waals surface area contributed by atoms with E-state index < -0.39 is 0 Å². The number of hydrogen-bond donors (Lipinski definition) is 1. The first-order valence-corrected chi connectivity index (χ1v) is 12.1. The Morgan fingerprint density at radius 2 is 1.88 bits per heavy atom. The first-order chi connectivity index (χ1) is 15.9. The summed E-state index contributed by atoms with van der Waals surface area (Å²) in [5.74, 6) is 0.0429. The lowest BCUT2D eigenvalue weighted by Gasteiger charge is -2.41. The third-order valence-corrected chi connectivity index (χ3v) is 7.14. The van der Waals surface area contributed by atoms with E-state index in [2.05, 4.69) is 72.9 Å². The Morgan fingerprint density at radius 1 is 1.12 bits per heavy atom. The zero-order valence-corrected chi connectivity index (χ0v) is 20.6. The predicted octanol–water partition coefficient (Wildman–Crippen LogP) is 4.85. The standard InChI is InChI=1S/C28H36N4O/c1-6-32-25-16-17-31(27(28(33)29-5)23-10-8-7-9-11-23)24(26(25)21(4)30-32)15-14-22-13-12-19(2)20(3)18-22/h7-13,18,24,27H,6,14-17H2,1-5H3,(H,29,33)/t24?,27-/m1/s1. The molecule has 33 heavy (non-hydrogen) atoms. The number of benzene rings is 2. The minimum atomic E-state index is -0.321. The first-order valence-electron chi connectivity index (χ1n) is 12.1. The Balaban J connectivity index is 1.74. The molecule has 1 amide bonds. The Bertz CT molecular complexity index is 1120. The third-order valence-electron chi connectivity index (χ3n) is 7.14. The van der Waals surface area contributed by atoms with E-state index in [-0.39, 0.29) is 18.0 Å². The summed E-state index contributed by atoms with van der Waals surface area (Å²) in [6, 6.07) is 16.8. The number of nitrogens with one attached hydrogen (secondary N) is 1. The first kappa shape index (κ1) is 23.2. The van der Waals surface area contributed by atoms with E-state index >= 15 is 0 Å². The molecule has 2 aromatic carbocycles. The summed E-state index contributed by atoms with van der Waals surface area (Å²) in [5, 5.41) is 7.79. The van der Waals surface area contributed by atoms with Gasteiger partial charge in [0.2, 0.25) is 5.91 Å². The largest absolute Gasteiger partial charge is 0.358 e. The maximum absolute atomic E-state index is 13.2. The van der Waals surface area contributed by atoms with Crippen LogP contribution >= 0.6 is 0 Å². The average molecular weight is 445 g/mol. The zero-order valence-electron chi connectivity index (χ0n) is 20.6. The lowest BCUT2D eigenvalue weighted by molar-refractivity contribution is -0.127. The highest BCUT2D eigenvalue weighted by Crippen LogP contribution is 2.40. The third kappa shape index (κ3) is 4.60. The Morgan fingerprint density at radius 3 is 2.55 bits per heavy atom. The van der Waals surface area contributed by atoms with Crippen LogP contribution in [-0.2, 0) is 24.2 Å². The van der Waals surface area contributed by atoms with Crippen LogP contribution in [-0.4, -0.2) is 34.2 Å². The van der Waals surface area contributed by atoms with Gasteiger partial charge in [-0.1, -0.05) is 48.5 Å². The van der Waals surface area contributed by atoms with Crippen molar-refractivity contribution in [2.24, 2.45) is 0 Å². The molecule has 1 aromatic heterocycles. The van der Waals surface area contributed by atoms with Gasteiger partial charge >= 0.3 is 0 Å². The van der Waals surface area contributed by atoms with E-state index in [0.717, 1.165) is 43.6 Å². The van der Waals surface area contributed by atoms with Crippen LogP contribution in [0.5, 0.6) is 0 Å². The topological polar surface area (TPSA) is 50.2 Å². The molecule has 0 spiro atoms. The molecule has 5 heteroatoms. The van der Waals surface area contributed by atoms with Crippen molar-refractivity contribution in [1.82, 2.24) is 20.0 Å². The van der Waals surface area contributed by atoms with Gasteiger partial charge < -0.3 is 5.32 Å². The fourth-order valence-electron chi connectivity index (χ4n) is 5.31. The molecule has 5 nitrogen and oxygen atoms in total. The molecule has 0 saturated carbocycles. The van der Waals surface area contributed by atoms with E-state index in [4.69, 9.17) is 5.10 Å². The minimum Gasteiger partial charge on any atom is -0.358 e. The van der Waals surface area contributed by atoms with Gasteiger partial charge in [0.25, 0.3) is 0 Å². The molecule has 1 aliphatic rings. The molecule has 0 saturated heterocycles. The summed E-state index contributed by atoms with van der Waals surface area (Å²) in [7, 11) is 1.73. The molecule has 1 N–H and O–H groups in total. The second-order valence-corrected chi connectivity index (χ2v) is 9.15. The number of carbonyl (C=O) groups excluding carboxylic acids is 1. The Hall–Kier alpha value is -2.92. The molecular weight excluding hydrogens is 408 g/mol. The normalized spacial score (nSPS) is 16.9. The zero-order chi connectivity index (χ0) is 23.5. The van der Waals surface area contributed by atoms with Crippen LogP contribution in [0.1, 0.15) is 64.6 Å². The van der Waals surface area contributed by atoms with E-state index in [1.807, 2.05) is 18.2 Å². The molecule has 2 atom stereocenters. The van der Waals surface area contributed by atoms with Crippen molar-refractivity contribution in [2.45, 2.75) is 65.6 Å². The molecule has 0 fully saturated rings. The van der Waals surface area contributed by atoms with Crippen LogP contribution in [0.3, 0.4) is 0 Å². The monoisotopic (exact) mass is 444 g/mol. The number of likely N-dealkylation sites (N-methyl/N-ethyl adjacent to an activating group) is 1. The van der Waals surface area contributed by atoms with Crippen molar-refractivity contribution in [1.29, 1.82) is 0 Å². The summed E-state index contributed by atoms with van der Waals surface area (Å²) >= 11 is 0. The highest BCUT2D eigenvalue weighted by Gasteiger charge is 2.38. The number of fused-ring (bicyclic) bond motifs is 1. The fourth-order valence-corrected chi connectivity index (χ4v) is 5.31. The smallest absolute Gasteiger partial charge is 0.241 e. The molecule has 0 aliphatic carbocycles. The van der Waals surface area contributed by atoms with E-state index in [1.165, 1.54) is 27.9 Å². The van der Waals surface area contributed by atoms with Gasteiger partial charge in [0.05, 0.1) is 5.69 Å². The van der Waals surface area contributed by atoms with E-state index in [9.17, 15) is 4.79 Å². The minimum absolute atomic E-state index is 0.0429. The lowest BCUT2D eigenvalue weighted by atomic mass is 9.88. The summed E-state index contributed by atoms with van der Waals surface area (Å²) in [6.45, 7) is 10.3.